The normalized spacial score (nSPS) is 11.7. The van der Waals surface area contributed by atoms with E-state index in [2.05, 4.69) is 10.6 Å². The molecule has 0 fully saturated rings. The van der Waals surface area contributed by atoms with E-state index in [-0.39, 0.29) is 11.6 Å². The molecule has 0 unspecified atom stereocenters. The summed E-state index contributed by atoms with van der Waals surface area (Å²) in [6, 6.07) is 14.0. The lowest BCUT2D eigenvalue weighted by atomic mass is 9.95. The minimum absolute atomic E-state index is 0.128. The Hall–Kier alpha value is -2.79. The van der Waals surface area contributed by atoms with Crippen LogP contribution in [0.15, 0.2) is 54.2 Å². The number of hydrogen-bond acceptors (Lipinski definition) is 3. The van der Waals surface area contributed by atoms with Crippen molar-refractivity contribution in [3.63, 3.8) is 0 Å². The summed E-state index contributed by atoms with van der Waals surface area (Å²) >= 11 is 5.91. The van der Waals surface area contributed by atoms with E-state index in [1.54, 1.807) is 75.4 Å². The van der Waals surface area contributed by atoms with E-state index in [4.69, 9.17) is 16.3 Å². The molecule has 0 aliphatic carbocycles. The van der Waals surface area contributed by atoms with Crippen molar-refractivity contribution in [3.05, 3.63) is 64.8 Å². The molecule has 2 aromatic carbocycles. The summed E-state index contributed by atoms with van der Waals surface area (Å²) in [6.07, 6.45) is 1.60. The van der Waals surface area contributed by atoms with Gasteiger partial charge in [0.1, 0.15) is 11.4 Å². The summed E-state index contributed by atoms with van der Waals surface area (Å²) in [7, 11) is 1.52. The van der Waals surface area contributed by atoms with E-state index < -0.39 is 11.3 Å². The van der Waals surface area contributed by atoms with Crippen molar-refractivity contribution in [1.29, 1.82) is 0 Å². The molecule has 0 aliphatic heterocycles. The van der Waals surface area contributed by atoms with Crippen LogP contribution < -0.4 is 15.4 Å². The van der Waals surface area contributed by atoms with Gasteiger partial charge in [-0.1, -0.05) is 56.6 Å². The zero-order chi connectivity index (χ0) is 20.0. The average molecular weight is 387 g/mol. The number of anilines is 1. The molecule has 0 atom stereocenters. The van der Waals surface area contributed by atoms with Gasteiger partial charge in [0.05, 0.1) is 12.8 Å². The average Bonchev–Trinajstić information content (AvgIpc) is 2.62. The summed E-state index contributed by atoms with van der Waals surface area (Å²) in [5.74, 6) is -0.191. The molecule has 2 aromatic rings. The van der Waals surface area contributed by atoms with Crippen LogP contribution in [0.5, 0.6) is 5.75 Å². The topological polar surface area (TPSA) is 67.4 Å². The van der Waals surface area contributed by atoms with Crippen LogP contribution in [-0.4, -0.2) is 18.9 Å². The molecule has 142 valence electrons. The van der Waals surface area contributed by atoms with Crippen molar-refractivity contribution in [2.75, 3.05) is 12.4 Å². The lowest BCUT2D eigenvalue weighted by Gasteiger charge is -2.19. The molecule has 2 rings (SSSR count). The Balaban J connectivity index is 2.34. The monoisotopic (exact) mass is 386 g/mol. The first-order valence-corrected chi connectivity index (χ1v) is 8.81. The molecule has 27 heavy (non-hydrogen) atoms. The summed E-state index contributed by atoms with van der Waals surface area (Å²) in [4.78, 5) is 25.3. The molecule has 0 aliphatic rings. The van der Waals surface area contributed by atoms with Gasteiger partial charge in [-0.25, -0.2) is 0 Å². The van der Waals surface area contributed by atoms with E-state index in [1.807, 2.05) is 0 Å². The molecule has 0 saturated heterocycles. The first kappa shape index (κ1) is 20.5. The largest absolute Gasteiger partial charge is 0.495 e. The fraction of sp³-hybridized carbons (Fsp3) is 0.238. The van der Waals surface area contributed by atoms with Crippen LogP contribution in [-0.2, 0) is 9.59 Å². The lowest BCUT2D eigenvalue weighted by Crippen LogP contribution is -2.38. The summed E-state index contributed by atoms with van der Waals surface area (Å²) < 4.78 is 5.26. The maximum absolute atomic E-state index is 12.8. The number of ether oxygens (including phenoxy) is 1. The molecule has 6 heteroatoms. The summed E-state index contributed by atoms with van der Waals surface area (Å²) in [5, 5.41) is 6.08. The lowest BCUT2D eigenvalue weighted by molar-refractivity contribution is -0.128. The fourth-order valence-electron chi connectivity index (χ4n) is 2.13. The Bertz CT molecular complexity index is 852. The highest BCUT2D eigenvalue weighted by molar-refractivity contribution is 6.30. The maximum atomic E-state index is 12.8. The van der Waals surface area contributed by atoms with Crippen LogP contribution in [0, 0.1) is 5.41 Å². The first-order chi connectivity index (χ1) is 12.7. The molecule has 2 amide bonds. The number of halogens is 1. The van der Waals surface area contributed by atoms with Crippen LogP contribution in [0.2, 0.25) is 5.02 Å². The second kappa shape index (κ2) is 8.73. The van der Waals surface area contributed by atoms with Crippen molar-refractivity contribution < 1.29 is 14.3 Å². The Labute approximate surface area is 164 Å². The molecule has 0 spiro atoms. The number of benzene rings is 2. The van der Waals surface area contributed by atoms with Gasteiger partial charge in [-0.15, -0.1) is 0 Å². The highest BCUT2D eigenvalue weighted by Crippen LogP contribution is 2.24. The Morgan fingerprint density at radius 2 is 1.67 bits per heavy atom. The van der Waals surface area contributed by atoms with E-state index in [0.717, 1.165) is 5.56 Å². The first-order valence-electron chi connectivity index (χ1n) is 8.44. The second-order valence-corrected chi connectivity index (χ2v) is 7.40. The molecule has 5 nitrogen and oxygen atoms in total. The number of carbonyl (C=O) groups excluding carboxylic acids is 2. The van der Waals surface area contributed by atoms with Gasteiger partial charge in [-0.05, 0) is 35.9 Å². The number of rotatable bonds is 5. The molecule has 0 heterocycles. The Kier molecular flexibility index (Phi) is 6.64. The summed E-state index contributed by atoms with van der Waals surface area (Å²) in [6.45, 7) is 5.33. The third-order valence-electron chi connectivity index (χ3n) is 3.71. The van der Waals surface area contributed by atoms with Gasteiger partial charge in [0.25, 0.3) is 5.91 Å². The molecule has 2 N–H and O–H groups in total. The van der Waals surface area contributed by atoms with Crippen LogP contribution in [0.4, 0.5) is 5.69 Å². The van der Waals surface area contributed by atoms with Gasteiger partial charge in [0.2, 0.25) is 5.91 Å². The van der Waals surface area contributed by atoms with Gasteiger partial charge >= 0.3 is 0 Å². The third kappa shape index (κ3) is 5.86. The predicted molar refractivity (Wildman–Crippen MR) is 109 cm³/mol. The van der Waals surface area contributed by atoms with Crippen LogP contribution in [0.1, 0.15) is 26.3 Å². The number of hydrogen-bond donors (Lipinski definition) is 2. The van der Waals surface area contributed by atoms with Gasteiger partial charge in [0.15, 0.2) is 0 Å². The zero-order valence-electron chi connectivity index (χ0n) is 15.8. The fourth-order valence-corrected chi connectivity index (χ4v) is 2.26. The second-order valence-electron chi connectivity index (χ2n) is 6.97. The minimum atomic E-state index is -0.649. The Morgan fingerprint density at radius 3 is 2.26 bits per heavy atom. The number of amides is 2. The van der Waals surface area contributed by atoms with Gasteiger partial charge < -0.3 is 15.4 Å². The van der Waals surface area contributed by atoms with E-state index in [0.29, 0.717) is 16.5 Å². The third-order valence-corrected chi connectivity index (χ3v) is 3.96. The molecule has 0 bridgehead atoms. The quantitative estimate of drug-likeness (QED) is 0.744. The summed E-state index contributed by atoms with van der Waals surface area (Å²) in [5.41, 5.74) is 0.725. The van der Waals surface area contributed by atoms with Crippen molar-refractivity contribution >= 4 is 35.2 Å². The van der Waals surface area contributed by atoms with E-state index >= 15 is 0 Å². The SMILES string of the molecule is COc1ccccc1NC(=O)/C(=C\c1ccc(Cl)cc1)NC(=O)C(C)(C)C. The number of methoxy groups -OCH3 is 1. The number of carbonyl (C=O) groups is 2. The molecule has 0 radical (unpaired) electrons. The standard InChI is InChI=1S/C21H23ClN2O3/c1-21(2,3)20(26)24-17(13-14-9-11-15(22)12-10-14)19(25)23-16-7-5-6-8-18(16)27-4/h5-13H,1-4H3,(H,23,25)(H,24,26)/b17-13+. The van der Waals surface area contributed by atoms with Gasteiger partial charge in [-0.2, -0.15) is 0 Å². The van der Waals surface area contributed by atoms with Gasteiger partial charge in [-0.3, -0.25) is 9.59 Å². The van der Waals surface area contributed by atoms with Crippen molar-refractivity contribution in [2.45, 2.75) is 20.8 Å². The number of para-hydroxylation sites is 2. The van der Waals surface area contributed by atoms with Crippen molar-refractivity contribution in [2.24, 2.45) is 5.41 Å². The number of nitrogens with one attached hydrogen (secondary N) is 2. The smallest absolute Gasteiger partial charge is 0.272 e. The highest BCUT2D eigenvalue weighted by atomic mass is 35.5. The van der Waals surface area contributed by atoms with E-state index in [9.17, 15) is 9.59 Å². The molecular formula is C21H23ClN2O3. The van der Waals surface area contributed by atoms with Gasteiger partial charge in [0, 0.05) is 10.4 Å². The van der Waals surface area contributed by atoms with Crippen LogP contribution in [0.25, 0.3) is 6.08 Å². The van der Waals surface area contributed by atoms with Crippen molar-refractivity contribution in [3.8, 4) is 5.75 Å². The molecule has 0 saturated carbocycles. The predicted octanol–water partition coefficient (Wildman–Crippen LogP) is 4.49. The molecule has 0 aromatic heterocycles. The maximum Gasteiger partial charge on any atom is 0.272 e. The minimum Gasteiger partial charge on any atom is -0.495 e. The van der Waals surface area contributed by atoms with Crippen LogP contribution in [0.3, 0.4) is 0 Å². The molecular weight excluding hydrogens is 364 g/mol. The van der Waals surface area contributed by atoms with E-state index in [1.165, 1.54) is 7.11 Å². The Morgan fingerprint density at radius 1 is 1.04 bits per heavy atom. The zero-order valence-corrected chi connectivity index (χ0v) is 16.6. The van der Waals surface area contributed by atoms with Crippen molar-refractivity contribution in [1.82, 2.24) is 5.32 Å². The van der Waals surface area contributed by atoms with Crippen LogP contribution >= 0.6 is 11.6 Å². The highest BCUT2D eigenvalue weighted by Gasteiger charge is 2.24.